The molecule has 0 aliphatic carbocycles. The second-order valence-electron chi connectivity index (χ2n) is 5.80. The topological polar surface area (TPSA) is 49.5 Å². The van der Waals surface area contributed by atoms with Gasteiger partial charge in [0, 0.05) is 19.1 Å². The number of allylic oxidation sites excluding steroid dienone is 1. The first-order valence-electron chi connectivity index (χ1n) is 7.99. The predicted molar refractivity (Wildman–Crippen MR) is 84.8 cm³/mol. The maximum Gasteiger partial charge on any atom is 0.184 e. The van der Waals surface area contributed by atoms with Crippen molar-refractivity contribution in [2.45, 2.75) is 50.3 Å². The summed E-state index contributed by atoms with van der Waals surface area (Å²) in [5.41, 5.74) is 1.02. The van der Waals surface area contributed by atoms with Crippen LogP contribution in [-0.2, 0) is 23.7 Å². The SMILES string of the molecule is C=CC.COC1CC2OC2C2OC(c3ccccc3)OCC2O1. The molecule has 6 unspecified atom stereocenters. The van der Waals surface area contributed by atoms with E-state index in [2.05, 4.69) is 6.58 Å². The number of hydrogen-bond acceptors (Lipinski definition) is 5. The highest BCUT2D eigenvalue weighted by atomic mass is 16.8. The summed E-state index contributed by atoms with van der Waals surface area (Å²) in [5.74, 6) is 0. The van der Waals surface area contributed by atoms with Gasteiger partial charge in [-0.15, -0.1) is 6.58 Å². The third kappa shape index (κ3) is 3.82. The number of hydrogen-bond donors (Lipinski definition) is 0. The van der Waals surface area contributed by atoms with E-state index in [0.717, 1.165) is 12.0 Å². The molecule has 3 saturated heterocycles. The molecular weight excluding hydrogens is 296 g/mol. The van der Waals surface area contributed by atoms with Gasteiger partial charge in [-0.2, -0.15) is 0 Å². The standard InChI is InChI=1S/C15H18O5.C3H6/c1-16-12-7-10-13(19-10)14-11(18-12)8-17-15(20-14)9-5-3-2-4-6-9;1-3-2/h2-6,10-15H,7-8H2,1H3;3H,1H2,2H3. The Morgan fingerprint density at radius 1 is 1.09 bits per heavy atom. The highest BCUT2D eigenvalue weighted by Gasteiger charge is 2.55. The van der Waals surface area contributed by atoms with Crippen molar-refractivity contribution in [2.75, 3.05) is 13.7 Å². The number of benzene rings is 1. The van der Waals surface area contributed by atoms with Crippen LogP contribution in [0, 0.1) is 0 Å². The molecule has 3 aliphatic heterocycles. The molecule has 1 aromatic carbocycles. The first-order chi connectivity index (χ1) is 11.3. The van der Waals surface area contributed by atoms with Gasteiger partial charge in [0.05, 0.1) is 12.7 Å². The second-order valence-corrected chi connectivity index (χ2v) is 5.80. The van der Waals surface area contributed by atoms with Gasteiger partial charge in [-0.25, -0.2) is 0 Å². The van der Waals surface area contributed by atoms with Crippen LogP contribution in [0.1, 0.15) is 25.2 Å². The van der Waals surface area contributed by atoms with E-state index in [1.807, 2.05) is 37.3 Å². The number of fused-ring (bicyclic) bond motifs is 3. The molecule has 3 heterocycles. The van der Waals surface area contributed by atoms with Crippen LogP contribution in [-0.4, -0.2) is 44.4 Å². The quantitative estimate of drug-likeness (QED) is 0.619. The van der Waals surface area contributed by atoms with E-state index in [9.17, 15) is 0 Å². The Morgan fingerprint density at radius 2 is 1.78 bits per heavy atom. The molecule has 0 amide bonds. The van der Waals surface area contributed by atoms with Crippen LogP contribution in [0.15, 0.2) is 43.0 Å². The molecule has 126 valence electrons. The molecule has 0 radical (unpaired) electrons. The van der Waals surface area contributed by atoms with Crippen molar-refractivity contribution in [3.05, 3.63) is 48.6 Å². The van der Waals surface area contributed by atoms with Gasteiger partial charge in [-0.05, 0) is 6.92 Å². The zero-order chi connectivity index (χ0) is 16.2. The lowest BCUT2D eigenvalue weighted by molar-refractivity contribution is -0.293. The molecule has 0 spiro atoms. The van der Waals surface area contributed by atoms with Crippen LogP contribution in [0.2, 0.25) is 0 Å². The largest absolute Gasteiger partial charge is 0.366 e. The minimum atomic E-state index is -0.343. The third-order valence-electron chi connectivity index (χ3n) is 4.09. The summed E-state index contributed by atoms with van der Waals surface area (Å²) in [6.07, 6.45) is 2.01. The highest BCUT2D eigenvalue weighted by Crippen LogP contribution is 2.41. The summed E-state index contributed by atoms with van der Waals surface area (Å²) in [4.78, 5) is 0. The van der Waals surface area contributed by atoms with E-state index in [-0.39, 0.29) is 37.0 Å². The van der Waals surface area contributed by atoms with Gasteiger partial charge in [0.15, 0.2) is 12.6 Å². The minimum Gasteiger partial charge on any atom is -0.366 e. The first kappa shape index (κ1) is 16.6. The van der Waals surface area contributed by atoms with Crippen molar-refractivity contribution in [3.63, 3.8) is 0 Å². The van der Waals surface area contributed by atoms with Gasteiger partial charge >= 0.3 is 0 Å². The molecule has 4 rings (SSSR count). The average molecular weight is 320 g/mol. The van der Waals surface area contributed by atoms with Crippen molar-refractivity contribution in [1.29, 1.82) is 0 Å². The fraction of sp³-hybridized carbons (Fsp3) is 0.556. The highest BCUT2D eigenvalue weighted by molar-refractivity contribution is 5.17. The van der Waals surface area contributed by atoms with E-state index in [4.69, 9.17) is 23.7 Å². The molecule has 0 bridgehead atoms. The van der Waals surface area contributed by atoms with Crippen molar-refractivity contribution < 1.29 is 23.7 Å². The van der Waals surface area contributed by atoms with Crippen molar-refractivity contribution in [2.24, 2.45) is 0 Å². The number of epoxide rings is 1. The fourth-order valence-electron chi connectivity index (χ4n) is 2.96. The molecule has 0 saturated carbocycles. The Labute approximate surface area is 137 Å². The molecular formula is C18H24O5. The van der Waals surface area contributed by atoms with Gasteiger partial charge in [0.2, 0.25) is 0 Å². The zero-order valence-corrected chi connectivity index (χ0v) is 13.6. The maximum absolute atomic E-state index is 6.08. The minimum absolute atomic E-state index is 0.0842. The Morgan fingerprint density at radius 3 is 2.48 bits per heavy atom. The number of rotatable bonds is 2. The lowest BCUT2D eigenvalue weighted by atomic mass is 10.1. The second kappa shape index (κ2) is 7.55. The maximum atomic E-state index is 6.08. The lowest BCUT2D eigenvalue weighted by Crippen LogP contribution is -2.45. The molecule has 6 atom stereocenters. The number of ether oxygens (including phenoxy) is 5. The molecule has 1 aromatic rings. The Hall–Kier alpha value is -1.24. The summed E-state index contributed by atoms with van der Waals surface area (Å²) in [5, 5.41) is 0. The average Bonchev–Trinajstić information content (AvgIpc) is 3.35. The summed E-state index contributed by atoms with van der Waals surface area (Å²) in [7, 11) is 1.65. The molecule has 5 nitrogen and oxygen atoms in total. The van der Waals surface area contributed by atoms with Gasteiger partial charge in [0.1, 0.15) is 18.3 Å². The van der Waals surface area contributed by atoms with Crippen LogP contribution in [0.4, 0.5) is 0 Å². The van der Waals surface area contributed by atoms with Gasteiger partial charge in [0.25, 0.3) is 0 Å². The monoisotopic (exact) mass is 320 g/mol. The van der Waals surface area contributed by atoms with Crippen LogP contribution in [0.5, 0.6) is 0 Å². The predicted octanol–water partition coefficient (Wildman–Crippen LogP) is 2.82. The van der Waals surface area contributed by atoms with Crippen molar-refractivity contribution in [3.8, 4) is 0 Å². The summed E-state index contributed by atoms with van der Waals surface area (Å²) in [6, 6.07) is 9.95. The van der Waals surface area contributed by atoms with Crippen LogP contribution in [0.25, 0.3) is 0 Å². The Balaban J connectivity index is 0.000000485. The van der Waals surface area contributed by atoms with E-state index in [1.165, 1.54) is 0 Å². The van der Waals surface area contributed by atoms with E-state index < -0.39 is 0 Å². The van der Waals surface area contributed by atoms with E-state index in [0.29, 0.717) is 6.61 Å². The van der Waals surface area contributed by atoms with Crippen LogP contribution >= 0.6 is 0 Å². The summed E-state index contributed by atoms with van der Waals surface area (Å²) in [6.45, 7) is 5.75. The first-order valence-corrected chi connectivity index (χ1v) is 7.99. The normalized spacial score (nSPS) is 38.2. The van der Waals surface area contributed by atoms with Crippen molar-refractivity contribution >= 4 is 0 Å². The zero-order valence-electron chi connectivity index (χ0n) is 13.6. The third-order valence-corrected chi connectivity index (χ3v) is 4.09. The smallest absolute Gasteiger partial charge is 0.184 e. The Bertz CT molecular complexity index is 505. The Kier molecular flexibility index (Phi) is 5.46. The molecule has 3 aliphatic rings. The lowest BCUT2D eigenvalue weighted by Gasteiger charge is -2.36. The fourth-order valence-corrected chi connectivity index (χ4v) is 2.96. The summed E-state index contributed by atoms with van der Waals surface area (Å²) < 4.78 is 28.8. The van der Waals surface area contributed by atoms with Gasteiger partial charge in [-0.3, -0.25) is 0 Å². The van der Waals surface area contributed by atoms with E-state index >= 15 is 0 Å². The van der Waals surface area contributed by atoms with Gasteiger partial charge < -0.3 is 23.7 Å². The molecule has 5 heteroatoms. The molecule has 3 fully saturated rings. The van der Waals surface area contributed by atoms with E-state index in [1.54, 1.807) is 13.2 Å². The summed E-state index contributed by atoms with van der Waals surface area (Å²) >= 11 is 0. The van der Waals surface area contributed by atoms with Crippen molar-refractivity contribution in [1.82, 2.24) is 0 Å². The molecule has 23 heavy (non-hydrogen) atoms. The number of methoxy groups -OCH3 is 1. The van der Waals surface area contributed by atoms with Gasteiger partial charge in [-0.1, -0.05) is 36.4 Å². The van der Waals surface area contributed by atoms with Crippen LogP contribution in [0.3, 0.4) is 0 Å². The molecule has 0 aromatic heterocycles. The van der Waals surface area contributed by atoms with Crippen LogP contribution < -0.4 is 0 Å². The molecule has 0 N–H and O–H groups in total.